The van der Waals surface area contributed by atoms with Gasteiger partial charge in [0.15, 0.2) is 0 Å². The molecule has 1 rings (SSSR count). The van der Waals surface area contributed by atoms with E-state index < -0.39 is 30.9 Å². The minimum atomic E-state index is -4.51. The molecular weight excluding hydrogens is 330 g/mol. The van der Waals surface area contributed by atoms with E-state index in [0.29, 0.717) is 0 Å². The average Bonchev–Trinajstić information content (AvgIpc) is 2.17. The number of hydrogen-bond acceptors (Lipinski definition) is 1. The summed E-state index contributed by atoms with van der Waals surface area (Å²) in [5, 5.41) is 0. The van der Waals surface area contributed by atoms with E-state index in [0.717, 1.165) is 18.2 Å². The van der Waals surface area contributed by atoms with Crippen molar-refractivity contribution in [2.75, 3.05) is 6.61 Å². The molecule has 1 aromatic carbocycles. The molecule has 0 saturated heterocycles. The van der Waals surface area contributed by atoms with Crippen molar-refractivity contribution in [3.63, 3.8) is 0 Å². The normalized spacial score (nSPS) is 12.6. The summed E-state index contributed by atoms with van der Waals surface area (Å²) in [6.45, 7) is -0.645. The minimum Gasteiger partial charge on any atom is -0.492 e. The Labute approximate surface area is 107 Å². The van der Waals surface area contributed by atoms with E-state index >= 15 is 0 Å². The Morgan fingerprint density at radius 3 is 2.11 bits per heavy atom. The molecule has 102 valence electrons. The molecule has 0 aliphatic carbocycles. The van der Waals surface area contributed by atoms with Crippen molar-refractivity contribution in [3.05, 3.63) is 28.2 Å². The number of benzene rings is 1. The zero-order chi connectivity index (χ0) is 14.0. The summed E-state index contributed by atoms with van der Waals surface area (Å²) in [6, 6.07) is 2.47. The number of alkyl halides is 6. The van der Waals surface area contributed by atoms with Gasteiger partial charge in [0.05, 0.1) is 23.1 Å². The van der Waals surface area contributed by atoms with Gasteiger partial charge in [0.1, 0.15) is 5.75 Å². The highest BCUT2D eigenvalue weighted by Gasteiger charge is 2.31. The summed E-state index contributed by atoms with van der Waals surface area (Å²) in [5.41, 5.74) is -0.905. The molecule has 0 N–H and O–H groups in total. The van der Waals surface area contributed by atoms with E-state index in [9.17, 15) is 26.3 Å². The molecule has 1 nitrogen and oxygen atoms in total. The van der Waals surface area contributed by atoms with E-state index in [1.165, 1.54) is 0 Å². The van der Waals surface area contributed by atoms with Crippen molar-refractivity contribution in [1.82, 2.24) is 0 Å². The van der Waals surface area contributed by atoms with Gasteiger partial charge in [-0.25, -0.2) is 0 Å². The first-order chi connectivity index (χ1) is 8.09. The standard InChI is InChI=1S/C10H7BrF6O/c11-7-5-6(10(15,16)17)1-2-8(7)18-4-3-9(12,13)14/h1-2,5H,3-4H2. The predicted octanol–water partition coefficient (Wildman–Crippen LogP) is 4.80. The molecule has 0 heterocycles. The SMILES string of the molecule is FC(F)(F)CCOc1ccc(C(F)(F)F)cc1Br. The molecule has 1 aromatic rings. The predicted molar refractivity (Wildman–Crippen MR) is 55.3 cm³/mol. The van der Waals surface area contributed by atoms with Crippen LogP contribution in [0.1, 0.15) is 12.0 Å². The molecule has 0 radical (unpaired) electrons. The lowest BCUT2D eigenvalue weighted by atomic mass is 10.2. The Morgan fingerprint density at radius 2 is 1.67 bits per heavy atom. The van der Waals surface area contributed by atoms with Crippen LogP contribution < -0.4 is 4.74 Å². The first-order valence-corrected chi connectivity index (χ1v) is 5.45. The van der Waals surface area contributed by atoms with Crippen LogP contribution in [0.4, 0.5) is 26.3 Å². The van der Waals surface area contributed by atoms with Gasteiger partial charge in [-0.05, 0) is 34.1 Å². The van der Waals surface area contributed by atoms with Crippen molar-refractivity contribution in [1.29, 1.82) is 0 Å². The minimum absolute atomic E-state index is 0.0421. The Hall–Kier alpha value is -0.920. The second-order valence-electron chi connectivity index (χ2n) is 3.36. The fourth-order valence-corrected chi connectivity index (χ4v) is 1.56. The summed E-state index contributed by atoms with van der Waals surface area (Å²) in [7, 11) is 0. The third-order valence-corrected chi connectivity index (χ3v) is 2.52. The van der Waals surface area contributed by atoms with E-state index in [1.54, 1.807) is 0 Å². The molecule has 18 heavy (non-hydrogen) atoms. The third kappa shape index (κ3) is 4.75. The first kappa shape index (κ1) is 15.1. The van der Waals surface area contributed by atoms with Crippen molar-refractivity contribution in [2.24, 2.45) is 0 Å². The van der Waals surface area contributed by atoms with Crippen molar-refractivity contribution in [2.45, 2.75) is 18.8 Å². The van der Waals surface area contributed by atoms with E-state index in [4.69, 9.17) is 4.74 Å². The summed E-state index contributed by atoms with van der Waals surface area (Å²) in [4.78, 5) is 0. The monoisotopic (exact) mass is 336 g/mol. The van der Waals surface area contributed by atoms with Crippen LogP contribution in [0.3, 0.4) is 0 Å². The topological polar surface area (TPSA) is 9.23 Å². The van der Waals surface area contributed by atoms with E-state index in [2.05, 4.69) is 15.9 Å². The molecule has 0 fully saturated rings. The van der Waals surface area contributed by atoms with Gasteiger partial charge in [-0.15, -0.1) is 0 Å². The van der Waals surface area contributed by atoms with Crippen LogP contribution in [0.15, 0.2) is 22.7 Å². The molecule has 8 heteroatoms. The van der Waals surface area contributed by atoms with Gasteiger partial charge in [0.2, 0.25) is 0 Å². The third-order valence-electron chi connectivity index (χ3n) is 1.90. The molecule has 0 aromatic heterocycles. The van der Waals surface area contributed by atoms with Gasteiger partial charge >= 0.3 is 12.4 Å². The largest absolute Gasteiger partial charge is 0.492 e. The van der Waals surface area contributed by atoms with Crippen LogP contribution in [0.2, 0.25) is 0 Å². The van der Waals surface area contributed by atoms with Gasteiger partial charge < -0.3 is 4.74 Å². The second-order valence-corrected chi connectivity index (χ2v) is 4.21. The summed E-state index contributed by atoms with van der Waals surface area (Å²) in [5.74, 6) is -0.0627. The average molecular weight is 337 g/mol. The van der Waals surface area contributed by atoms with Crippen molar-refractivity contribution >= 4 is 15.9 Å². The Balaban J connectivity index is 2.69. The molecule has 0 spiro atoms. The molecule has 0 bridgehead atoms. The lowest BCUT2D eigenvalue weighted by molar-refractivity contribution is -0.139. The van der Waals surface area contributed by atoms with Crippen LogP contribution in [-0.2, 0) is 6.18 Å². The zero-order valence-corrected chi connectivity index (χ0v) is 10.3. The fraction of sp³-hybridized carbons (Fsp3) is 0.400. The highest BCUT2D eigenvalue weighted by atomic mass is 79.9. The first-order valence-electron chi connectivity index (χ1n) is 4.66. The summed E-state index contributed by atoms with van der Waals surface area (Å²) < 4.78 is 77.1. The molecule has 0 aliphatic heterocycles. The molecule has 0 unspecified atom stereocenters. The van der Waals surface area contributed by atoms with Crippen LogP contribution in [0, 0.1) is 0 Å². The summed E-state index contributed by atoms with van der Waals surface area (Å²) >= 11 is 2.81. The Kier molecular flexibility index (Phi) is 4.52. The summed E-state index contributed by atoms with van der Waals surface area (Å²) in [6.07, 6.45) is -10.0. The van der Waals surface area contributed by atoms with Gasteiger partial charge in [-0.2, -0.15) is 26.3 Å². The maximum absolute atomic E-state index is 12.3. The van der Waals surface area contributed by atoms with Crippen molar-refractivity contribution < 1.29 is 31.1 Å². The fourth-order valence-electron chi connectivity index (χ4n) is 1.07. The number of hydrogen-bond donors (Lipinski definition) is 0. The van der Waals surface area contributed by atoms with Gasteiger partial charge in [-0.3, -0.25) is 0 Å². The molecule has 0 amide bonds. The molecule has 0 aliphatic rings. The Bertz CT molecular complexity index is 412. The van der Waals surface area contributed by atoms with Crippen LogP contribution in [0.5, 0.6) is 5.75 Å². The van der Waals surface area contributed by atoms with Crippen LogP contribution >= 0.6 is 15.9 Å². The van der Waals surface area contributed by atoms with Gasteiger partial charge in [0, 0.05) is 0 Å². The quantitative estimate of drug-likeness (QED) is 0.720. The van der Waals surface area contributed by atoms with Gasteiger partial charge in [-0.1, -0.05) is 0 Å². The highest BCUT2D eigenvalue weighted by Crippen LogP contribution is 2.35. The van der Waals surface area contributed by atoms with Crippen molar-refractivity contribution in [3.8, 4) is 5.75 Å². The lowest BCUT2D eigenvalue weighted by Crippen LogP contribution is -2.13. The van der Waals surface area contributed by atoms with Crippen LogP contribution in [0.25, 0.3) is 0 Å². The van der Waals surface area contributed by atoms with Crippen LogP contribution in [-0.4, -0.2) is 12.8 Å². The number of ether oxygens (including phenoxy) is 1. The zero-order valence-electron chi connectivity index (χ0n) is 8.70. The lowest BCUT2D eigenvalue weighted by Gasteiger charge is -2.12. The number of rotatable bonds is 3. The molecular formula is C10H7BrF6O. The van der Waals surface area contributed by atoms with E-state index in [-0.39, 0.29) is 10.2 Å². The second kappa shape index (κ2) is 5.38. The smallest absolute Gasteiger partial charge is 0.416 e. The van der Waals surface area contributed by atoms with Gasteiger partial charge in [0.25, 0.3) is 0 Å². The highest BCUT2D eigenvalue weighted by molar-refractivity contribution is 9.10. The molecule has 0 atom stereocenters. The maximum Gasteiger partial charge on any atom is 0.416 e. The van der Waals surface area contributed by atoms with E-state index in [1.807, 2.05) is 0 Å². The maximum atomic E-state index is 12.3. The number of halogens is 7. The Morgan fingerprint density at radius 1 is 1.06 bits per heavy atom. The molecule has 0 saturated carbocycles.